The van der Waals surface area contributed by atoms with Gasteiger partial charge in [0.25, 0.3) is 0 Å². The monoisotopic (exact) mass is 404 g/mol. The number of benzene rings is 2. The first kappa shape index (κ1) is 23.1. The minimum absolute atomic E-state index is 0. The first-order chi connectivity index (χ1) is 12.8. The maximum atomic E-state index is 4.94. The van der Waals surface area contributed by atoms with Crippen LogP contribution in [0.1, 0.15) is 52.4 Å². The van der Waals surface area contributed by atoms with E-state index in [4.69, 9.17) is 9.98 Å². The predicted molar refractivity (Wildman–Crippen MR) is 115 cm³/mol. The zero-order valence-electron chi connectivity index (χ0n) is 16.4. The van der Waals surface area contributed by atoms with Crippen molar-refractivity contribution in [1.29, 1.82) is 0 Å². The quantitative estimate of drug-likeness (QED) is 0.223. The standard InChI is InChI=1S/C24H30N2.Ni/c1-3-5-9-19-23(25-21-15-11-7-12-16-21)24(20-10-6-4-2)26-22-17-13-8-14-18-22;/h7-9,11-19H,3-6,10,20H2,1-2H3;/b19-9+,25-23+,26-24+;. The van der Waals surface area contributed by atoms with E-state index >= 15 is 0 Å². The second kappa shape index (κ2) is 14.1. The molecule has 0 radical (unpaired) electrons. The Labute approximate surface area is 174 Å². The van der Waals surface area contributed by atoms with E-state index in [0.717, 1.165) is 48.5 Å². The van der Waals surface area contributed by atoms with Crippen LogP contribution in [0.15, 0.2) is 82.8 Å². The Morgan fingerprint density at radius 1 is 0.778 bits per heavy atom. The van der Waals surface area contributed by atoms with Crippen LogP contribution >= 0.6 is 0 Å². The zero-order chi connectivity index (χ0) is 18.5. The van der Waals surface area contributed by atoms with E-state index in [9.17, 15) is 0 Å². The van der Waals surface area contributed by atoms with E-state index in [-0.39, 0.29) is 16.5 Å². The van der Waals surface area contributed by atoms with Gasteiger partial charge in [0.15, 0.2) is 0 Å². The van der Waals surface area contributed by atoms with Crippen LogP contribution in [0.5, 0.6) is 0 Å². The van der Waals surface area contributed by atoms with Gasteiger partial charge in [-0.1, -0.05) is 75.6 Å². The summed E-state index contributed by atoms with van der Waals surface area (Å²) in [7, 11) is 0. The summed E-state index contributed by atoms with van der Waals surface area (Å²) in [6.07, 6.45) is 11.0. The fourth-order valence-electron chi connectivity index (χ4n) is 2.64. The molecule has 0 aliphatic heterocycles. The first-order valence-electron chi connectivity index (χ1n) is 9.76. The topological polar surface area (TPSA) is 24.7 Å². The molecule has 2 aromatic carbocycles. The molecule has 2 rings (SSSR count). The summed E-state index contributed by atoms with van der Waals surface area (Å²) < 4.78 is 0. The third-order valence-electron chi connectivity index (χ3n) is 4.07. The molecule has 0 saturated heterocycles. The summed E-state index contributed by atoms with van der Waals surface area (Å²) in [5.74, 6) is 0. The van der Waals surface area contributed by atoms with E-state index in [1.165, 1.54) is 12.8 Å². The molecule has 0 aliphatic rings. The predicted octanol–water partition coefficient (Wildman–Crippen LogP) is 7.47. The largest absolute Gasteiger partial charge is 0.251 e. The van der Waals surface area contributed by atoms with Crippen molar-refractivity contribution in [3.8, 4) is 0 Å². The SMILES string of the molecule is CCC/C=C/C(=N\c1ccccc1)C(/CCCCC)=N/c1ccccc1.[Ni]. The van der Waals surface area contributed by atoms with Gasteiger partial charge in [-0.2, -0.15) is 0 Å². The minimum Gasteiger partial charge on any atom is -0.251 e. The molecule has 0 atom stereocenters. The van der Waals surface area contributed by atoms with Gasteiger partial charge in [-0.25, -0.2) is 4.99 Å². The molecule has 0 heterocycles. The van der Waals surface area contributed by atoms with E-state index in [1.54, 1.807) is 0 Å². The molecular weight excluding hydrogens is 375 g/mol. The minimum atomic E-state index is 0. The number of allylic oxidation sites excluding steroid dienone is 2. The number of hydrogen-bond donors (Lipinski definition) is 0. The number of hydrogen-bond acceptors (Lipinski definition) is 2. The van der Waals surface area contributed by atoms with E-state index in [2.05, 4.69) is 38.1 Å². The number of unbranched alkanes of at least 4 members (excludes halogenated alkanes) is 3. The molecule has 27 heavy (non-hydrogen) atoms. The van der Waals surface area contributed by atoms with Gasteiger partial charge in [0.2, 0.25) is 0 Å². The van der Waals surface area contributed by atoms with Crippen LogP contribution in [0.4, 0.5) is 11.4 Å². The molecule has 0 saturated carbocycles. The summed E-state index contributed by atoms with van der Waals surface area (Å²) in [4.78, 5) is 9.84. The van der Waals surface area contributed by atoms with Crippen molar-refractivity contribution >= 4 is 22.8 Å². The molecule has 0 bridgehead atoms. The number of nitrogens with zero attached hydrogens (tertiary/aromatic N) is 2. The second-order valence-corrected chi connectivity index (χ2v) is 6.37. The summed E-state index contributed by atoms with van der Waals surface area (Å²) in [5, 5.41) is 0. The molecule has 3 heteroatoms. The van der Waals surface area contributed by atoms with Gasteiger partial charge in [-0.3, -0.25) is 4.99 Å². The third kappa shape index (κ3) is 8.97. The molecule has 2 nitrogen and oxygen atoms in total. The molecule has 0 fully saturated rings. The molecule has 0 aromatic heterocycles. The Balaban J connectivity index is 0.00000364. The van der Waals surface area contributed by atoms with E-state index in [0.29, 0.717) is 0 Å². The number of aliphatic imine (C=N–C) groups is 2. The summed E-state index contributed by atoms with van der Waals surface area (Å²) >= 11 is 0. The molecule has 146 valence electrons. The van der Waals surface area contributed by atoms with Gasteiger partial charge in [0.1, 0.15) is 0 Å². The molecule has 0 spiro atoms. The fraction of sp³-hybridized carbons (Fsp3) is 0.333. The Morgan fingerprint density at radius 2 is 1.37 bits per heavy atom. The summed E-state index contributed by atoms with van der Waals surface area (Å²) in [6, 6.07) is 20.3. The average molecular weight is 405 g/mol. The first-order valence-corrected chi connectivity index (χ1v) is 9.76. The third-order valence-corrected chi connectivity index (χ3v) is 4.07. The summed E-state index contributed by atoms with van der Waals surface area (Å²) in [5.41, 5.74) is 4.01. The van der Waals surface area contributed by atoms with Crippen molar-refractivity contribution in [2.75, 3.05) is 0 Å². The van der Waals surface area contributed by atoms with E-state index in [1.807, 2.05) is 48.5 Å². The van der Waals surface area contributed by atoms with Crippen LogP contribution in [0.3, 0.4) is 0 Å². The van der Waals surface area contributed by atoms with Gasteiger partial charge < -0.3 is 0 Å². The smallest absolute Gasteiger partial charge is 0.0848 e. The van der Waals surface area contributed by atoms with Crippen LogP contribution in [0.2, 0.25) is 0 Å². The molecular formula is C24H30N2Ni. The zero-order valence-corrected chi connectivity index (χ0v) is 17.4. The molecule has 0 unspecified atom stereocenters. The van der Waals surface area contributed by atoms with Crippen LogP contribution in [-0.2, 0) is 16.5 Å². The van der Waals surface area contributed by atoms with Crippen molar-refractivity contribution in [2.24, 2.45) is 9.98 Å². The van der Waals surface area contributed by atoms with Crippen molar-refractivity contribution in [1.82, 2.24) is 0 Å². The Hall–Kier alpha value is -1.99. The average Bonchev–Trinajstić information content (AvgIpc) is 2.68. The van der Waals surface area contributed by atoms with Crippen LogP contribution in [0.25, 0.3) is 0 Å². The maximum absolute atomic E-state index is 4.94. The Morgan fingerprint density at radius 3 is 1.93 bits per heavy atom. The van der Waals surface area contributed by atoms with Gasteiger partial charge in [0, 0.05) is 16.5 Å². The van der Waals surface area contributed by atoms with E-state index < -0.39 is 0 Å². The van der Waals surface area contributed by atoms with Gasteiger partial charge >= 0.3 is 0 Å². The molecule has 0 N–H and O–H groups in total. The molecule has 0 amide bonds. The second-order valence-electron chi connectivity index (χ2n) is 6.37. The number of para-hydroxylation sites is 2. The molecule has 2 aromatic rings. The maximum Gasteiger partial charge on any atom is 0.0848 e. The van der Waals surface area contributed by atoms with Gasteiger partial charge in [-0.15, -0.1) is 0 Å². The van der Waals surface area contributed by atoms with Crippen molar-refractivity contribution in [2.45, 2.75) is 52.4 Å². The van der Waals surface area contributed by atoms with Gasteiger partial charge in [-0.05, 0) is 49.6 Å². The van der Waals surface area contributed by atoms with Crippen molar-refractivity contribution in [3.05, 3.63) is 72.8 Å². The van der Waals surface area contributed by atoms with Crippen molar-refractivity contribution in [3.63, 3.8) is 0 Å². The van der Waals surface area contributed by atoms with Crippen LogP contribution in [0, 0.1) is 0 Å². The molecule has 0 aliphatic carbocycles. The van der Waals surface area contributed by atoms with Crippen LogP contribution in [-0.4, -0.2) is 11.4 Å². The summed E-state index contributed by atoms with van der Waals surface area (Å²) in [6.45, 7) is 4.42. The Bertz CT molecular complexity index is 719. The van der Waals surface area contributed by atoms with Crippen molar-refractivity contribution < 1.29 is 16.5 Å². The van der Waals surface area contributed by atoms with Crippen LogP contribution < -0.4 is 0 Å². The Kier molecular flexibility index (Phi) is 12.1. The van der Waals surface area contributed by atoms with Gasteiger partial charge in [0.05, 0.1) is 22.8 Å². The normalized spacial score (nSPS) is 12.2. The number of rotatable bonds is 10. The fourth-order valence-corrected chi connectivity index (χ4v) is 2.64.